The van der Waals surface area contributed by atoms with Crippen LogP contribution in [0.25, 0.3) is 0 Å². The summed E-state index contributed by atoms with van der Waals surface area (Å²) in [7, 11) is 1.95. The van der Waals surface area contributed by atoms with E-state index < -0.39 is 0 Å². The predicted molar refractivity (Wildman–Crippen MR) is 73.6 cm³/mol. The van der Waals surface area contributed by atoms with Gasteiger partial charge in [-0.05, 0) is 30.5 Å². The lowest BCUT2D eigenvalue weighted by atomic mass is 10.1. The molecule has 1 aromatic carbocycles. The first-order valence-corrected chi connectivity index (χ1v) is 6.25. The molecule has 0 saturated heterocycles. The molecule has 94 valence electrons. The number of nitrogens with zero attached hydrogens (tertiary/aromatic N) is 3. The lowest BCUT2D eigenvalue weighted by Gasteiger charge is -2.19. The summed E-state index contributed by atoms with van der Waals surface area (Å²) in [6.07, 6.45) is 5.10. The van der Waals surface area contributed by atoms with Gasteiger partial charge in [-0.1, -0.05) is 6.07 Å². The molecule has 1 aromatic heterocycles. The average molecular weight is 242 g/mol. The van der Waals surface area contributed by atoms with Gasteiger partial charge in [0.15, 0.2) is 0 Å². The van der Waals surface area contributed by atoms with Crippen LogP contribution in [-0.2, 0) is 20.0 Å². The molecule has 0 unspecified atom stereocenters. The van der Waals surface area contributed by atoms with Crippen molar-refractivity contribution < 1.29 is 0 Å². The van der Waals surface area contributed by atoms with Crippen LogP contribution < -0.4 is 10.6 Å². The van der Waals surface area contributed by atoms with Crippen molar-refractivity contribution in [3.8, 4) is 0 Å². The second-order valence-corrected chi connectivity index (χ2v) is 5.03. The molecule has 2 aromatic rings. The second kappa shape index (κ2) is 4.05. The summed E-state index contributed by atoms with van der Waals surface area (Å²) in [6.45, 7) is 4.04. The zero-order valence-electron chi connectivity index (χ0n) is 10.8. The summed E-state index contributed by atoms with van der Waals surface area (Å²) in [5.41, 5.74) is 12.0. The molecule has 0 fully saturated rings. The van der Waals surface area contributed by atoms with E-state index in [4.69, 9.17) is 5.73 Å². The molecule has 0 saturated carbocycles. The van der Waals surface area contributed by atoms with Crippen molar-refractivity contribution in [2.75, 3.05) is 17.2 Å². The van der Waals surface area contributed by atoms with Crippen LogP contribution in [0, 0.1) is 6.92 Å². The molecule has 0 atom stereocenters. The van der Waals surface area contributed by atoms with Crippen molar-refractivity contribution in [2.24, 2.45) is 7.05 Å². The van der Waals surface area contributed by atoms with E-state index in [0.29, 0.717) is 0 Å². The van der Waals surface area contributed by atoms with Gasteiger partial charge in [-0.3, -0.25) is 4.68 Å². The van der Waals surface area contributed by atoms with E-state index >= 15 is 0 Å². The van der Waals surface area contributed by atoms with Crippen LogP contribution in [0.3, 0.4) is 0 Å². The molecule has 0 spiro atoms. The van der Waals surface area contributed by atoms with Crippen molar-refractivity contribution in [2.45, 2.75) is 19.9 Å². The molecule has 0 radical (unpaired) electrons. The number of rotatable bonds is 2. The molecule has 3 rings (SSSR count). The van der Waals surface area contributed by atoms with Gasteiger partial charge in [-0.2, -0.15) is 5.10 Å². The molecular weight excluding hydrogens is 224 g/mol. The summed E-state index contributed by atoms with van der Waals surface area (Å²) in [6, 6.07) is 4.32. The highest BCUT2D eigenvalue weighted by Crippen LogP contribution is 2.32. The molecule has 2 heterocycles. The van der Waals surface area contributed by atoms with Gasteiger partial charge >= 0.3 is 0 Å². The third-order valence-corrected chi connectivity index (χ3v) is 3.59. The minimum absolute atomic E-state index is 0.881. The van der Waals surface area contributed by atoms with Crippen LogP contribution in [0.5, 0.6) is 0 Å². The molecule has 4 heteroatoms. The van der Waals surface area contributed by atoms with Crippen LogP contribution in [0.2, 0.25) is 0 Å². The average Bonchev–Trinajstić information content (AvgIpc) is 2.89. The molecule has 2 N–H and O–H groups in total. The fourth-order valence-electron chi connectivity index (χ4n) is 2.58. The summed E-state index contributed by atoms with van der Waals surface area (Å²) in [5.74, 6) is 0. The number of nitrogens with two attached hydrogens (primary N) is 1. The summed E-state index contributed by atoms with van der Waals surface area (Å²) in [5, 5.41) is 4.21. The van der Waals surface area contributed by atoms with E-state index in [9.17, 15) is 0 Å². The van der Waals surface area contributed by atoms with Crippen LogP contribution >= 0.6 is 0 Å². The molecule has 0 amide bonds. The molecular formula is C14H18N4. The maximum Gasteiger partial charge on any atom is 0.0539 e. The fourth-order valence-corrected chi connectivity index (χ4v) is 2.58. The third-order valence-electron chi connectivity index (χ3n) is 3.59. The highest BCUT2D eigenvalue weighted by Gasteiger charge is 2.20. The van der Waals surface area contributed by atoms with E-state index in [2.05, 4.69) is 35.3 Å². The summed E-state index contributed by atoms with van der Waals surface area (Å²) >= 11 is 0. The number of hydrogen-bond donors (Lipinski definition) is 1. The van der Waals surface area contributed by atoms with Crippen molar-refractivity contribution in [3.05, 3.63) is 41.2 Å². The lowest BCUT2D eigenvalue weighted by Crippen LogP contribution is -2.19. The topological polar surface area (TPSA) is 47.1 Å². The van der Waals surface area contributed by atoms with Gasteiger partial charge < -0.3 is 10.6 Å². The molecule has 1 aliphatic heterocycles. The van der Waals surface area contributed by atoms with E-state index in [-0.39, 0.29) is 0 Å². The molecule has 18 heavy (non-hydrogen) atoms. The van der Waals surface area contributed by atoms with Crippen molar-refractivity contribution in [1.82, 2.24) is 9.78 Å². The first kappa shape index (κ1) is 11.1. The Hall–Kier alpha value is -1.97. The zero-order chi connectivity index (χ0) is 12.7. The number of aromatic nitrogens is 2. The van der Waals surface area contributed by atoms with Gasteiger partial charge in [-0.15, -0.1) is 0 Å². The SMILES string of the molecule is Cc1cc2c(cc1N)N(Cc1cnn(C)c1)CC2. The number of aryl methyl sites for hydroxylation is 2. The Morgan fingerprint density at radius 3 is 2.94 bits per heavy atom. The van der Waals surface area contributed by atoms with E-state index in [0.717, 1.165) is 25.2 Å². The van der Waals surface area contributed by atoms with Crippen molar-refractivity contribution in [1.29, 1.82) is 0 Å². The number of benzene rings is 1. The van der Waals surface area contributed by atoms with Crippen LogP contribution in [0.15, 0.2) is 24.5 Å². The Balaban J connectivity index is 1.88. The second-order valence-electron chi connectivity index (χ2n) is 5.03. The largest absolute Gasteiger partial charge is 0.398 e. The first-order valence-electron chi connectivity index (χ1n) is 6.25. The smallest absolute Gasteiger partial charge is 0.0539 e. The maximum atomic E-state index is 6.01. The molecule has 1 aliphatic rings. The Kier molecular flexibility index (Phi) is 2.51. The Bertz CT molecular complexity index is 585. The fraction of sp³-hybridized carbons (Fsp3) is 0.357. The lowest BCUT2D eigenvalue weighted by molar-refractivity contribution is 0.765. The van der Waals surface area contributed by atoms with Gasteiger partial charge in [0.25, 0.3) is 0 Å². The highest BCUT2D eigenvalue weighted by atomic mass is 15.2. The number of hydrogen-bond acceptors (Lipinski definition) is 3. The van der Waals surface area contributed by atoms with Crippen LogP contribution in [0.1, 0.15) is 16.7 Å². The van der Waals surface area contributed by atoms with E-state index in [1.54, 1.807) is 0 Å². The summed E-state index contributed by atoms with van der Waals surface area (Å²) in [4.78, 5) is 2.38. The molecule has 0 bridgehead atoms. The highest BCUT2D eigenvalue weighted by molar-refractivity contribution is 5.67. The zero-order valence-corrected chi connectivity index (χ0v) is 10.8. The van der Waals surface area contributed by atoms with Crippen molar-refractivity contribution in [3.63, 3.8) is 0 Å². The molecule has 4 nitrogen and oxygen atoms in total. The minimum Gasteiger partial charge on any atom is -0.398 e. The maximum absolute atomic E-state index is 6.01. The van der Waals surface area contributed by atoms with Gasteiger partial charge in [0, 0.05) is 43.3 Å². The standard InChI is InChI=1S/C14H18N4/c1-10-5-12-3-4-18(14(12)6-13(10)15)9-11-7-16-17(2)8-11/h5-8H,3-4,9,15H2,1-2H3. The minimum atomic E-state index is 0.881. The normalized spacial score (nSPS) is 14.0. The van der Waals surface area contributed by atoms with Gasteiger partial charge in [0.1, 0.15) is 0 Å². The first-order chi connectivity index (χ1) is 8.63. The summed E-state index contributed by atoms with van der Waals surface area (Å²) < 4.78 is 1.84. The predicted octanol–water partition coefficient (Wildman–Crippen LogP) is 1.87. The van der Waals surface area contributed by atoms with E-state index in [1.165, 1.54) is 22.4 Å². The van der Waals surface area contributed by atoms with Gasteiger partial charge in [0.2, 0.25) is 0 Å². The van der Waals surface area contributed by atoms with E-state index in [1.807, 2.05) is 17.9 Å². The third kappa shape index (κ3) is 1.83. The number of fused-ring (bicyclic) bond motifs is 1. The van der Waals surface area contributed by atoms with Crippen LogP contribution in [-0.4, -0.2) is 16.3 Å². The Morgan fingerprint density at radius 2 is 2.22 bits per heavy atom. The number of anilines is 2. The Labute approximate surface area is 107 Å². The Morgan fingerprint density at radius 1 is 1.39 bits per heavy atom. The quantitative estimate of drug-likeness (QED) is 0.818. The van der Waals surface area contributed by atoms with Crippen molar-refractivity contribution >= 4 is 11.4 Å². The van der Waals surface area contributed by atoms with Gasteiger partial charge in [-0.25, -0.2) is 0 Å². The number of nitrogen functional groups attached to an aromatic ring is 1. The van der Waals surface area contributed by atoms with Gasteiger partial charge in [0.05, 0.1) is 6.20 Å². The monoisotopic (exact) mass is 242 g/mol. The van der Waals surface area contributed by atoms with Crippen LogP contribution in [0.4, 0.5) is 11.4 Å². The molecule has 0 aliphatic carbocycles.